The lowest BCUT2D eigenvalue weighted by Crippen LogP contribution is -2.46. The summed E-state index contributed by atoms with van der Waals surface area (Å²) in [6.45, 7) is 4.68. The van der Waals surface area contributed by atoms with E-state index in [1.54, 1.807) is 44.1 Å². The molecule has 5 rings (SSSR count). The van der Waals surface area contributed by atoms with E-state index in [9.17, 15) is 0 Å². The highest BCUT2D eigenvalue weighted by atomic mass is 14.6. The minimum atomic E-state index is 0.754. The first-order chi connectivity index (χ1) is 13.2. The van der Waals surface area contributed by atoms with Crippen molar-refractivity contribution in [1.82, 2.24) is 0 Å². The highest BCUT2D eigenvalue weighted by Gasteiger charge is 2.51. The maximum absolute atomic E-state index is 2.45. The summed E-state index contributed by atoms with van der Waals surface area (Å²) in [6, 6.07) is 9.72. The number of hydrogen-bond donors (Lipinski definition) is 0. The van der Waals surface area contributed by atoms with Crippen molar-refractivity contribution in [1.29, 1.82) is 0 Å². The Morgan fingerprint density at radius 2 is 1.41 bits per heavy atom. The van der Waals surface area contributed by atoms with Gasteiger partial charge in [-0.15, -0.1) is 0 Å². The normalized spacial score (nSPS) is 36.1. The average Bonchev–Trinajstić information content (AvgIpc) is 2.74. The summed E-state index contributed by atoms with van der Waals surface area (Å²) >= 11 is 0. The van der Waals surface area contributed by atoms with Crippen molar-refractivity contribution in [2.75, 3.05) is 0 Å². The van der Waals surface area contributed by atoms with Crippen molar-refractivity contribution < 1.29 is 0 Å². The molecule has 0 spiro atoms. The van der Waals surface area contributed by atoms with Gasteiger partial charge in [-0.1, -0.05) is 51.0 Å². The van der Waals surface area contributed by atoms with Crippen molar-refractivity contribution in [3.8, 4) is 0 Å². The van der Waals surface area contributed by atoms with E-state index in [2.05, 4.69) is 38.1 Å². The zero-order valence-corrected chi connectivity index (χ0v) is 18.1. The highest BCUT2D eigenvalue weighted by Crippen LogP contribution is 2.63. The van der Waals surface area contributed by atoms with Crippen LogP contribution in [0, 0.1) is 16.7 Å². The second kappa shape index (κ2) is 8.30. The van der Waals surface area contributed by atoms with Gasteiger partial charge in [-0.05, 0) is 117 Å². The minimum absolute atomic E-state index is 0.754. The van der Waals surface area contributed by atoms with Crippen LogP contribution in [-0.2, 0) is 6.42 Å². The lowest BCUT2D eigenvalue weighted by Gasteiger charge is -2.58. The van der Waals surface area contributed by atoms with Gasteiger partial charge in [-0.3, -0.25) is 0 Å². The third-order valence-electron chi connectivity index (χ3n) is 9.10. The summed E-state index contributed by atoms with van der Waals surface area (Å²) in [5.41, 5.74) is 4.69. The van der Waals surface area contributed by atoms with Crippen molar-refractivity contribution in [2.45, 2.75) is 116 Å². The molecule has 1 aromatic rings. The topological polar surface area (TPSA) is 0 Å². The van der Waals surface area contributed by atoms with Crippen LogP contribution >= 0.6 is 0 Å². The molecular weight excluding hydrogens is 324 g/mol. The zero-order chi connectivity index (χ0) is 18.7. The molecule has 4 fully saturated rings. The van der Waals surface area contributed by atoms with Crippen LogP contribution in [-0.4, -0.2) is 0 Å². The van der Waals surface area contributed by atoms with E-state index in [4.69, 9.17) is 0 Å². The lowest BCUT2D eigenvalue weighted by molar-refractivity contribution is -0.0624. The van der Waals surface area contributed by atoms with E-state index in [1.807, 2.05) is 0 Å². The second-order valence-corrected chi connectivity index (χ2v) is 10.5. The molecule has 0 nitrogen and oxygen atoms in total. The van der Waals surface area contributed by atoms with Gasteiger partial charge in [0.25, 0.3) is 0 Å². The molecule has 4 aliphatic rings. The first-order valence-electron chi connectivity index (χ1n) is 12.3. The number of fused-ring (bicyclic) bond motifs is 3. The summed E-state index contributed by atoms with van der Waals surface area (Å²) < 4.78 is 0. The fourth-order valence-electron chi connectivity index (χ4n) is 7.19. The minimum Gasteiger partial charge on any atom is -0.0654 e. The van der Waals surface area contributed by atoms with Crippen molar-refractivity contribution >= 4 is 0 Å². The van der Waals surface area contributed by atoms with Crippen LogP contribution < -0.4 is 0 Å². The third-order valence-corrected chi connectivity index (χ3v) is 9.10. The van der Waals surface area contributed by atoms with Gasteiger partial charge in [0.15, 0.2) is 0 Å². The van der Waals surface area contributed by atoms with E-state index in [1.165, 1.54) is 63.4 Å². The van der Waals surface area contributed by atoms with Gasteiger partial charge in [0.2, 0.25) is 0 Å². The maximum atomic E-state index is 2.45. The smallest absolute Gasteiger partial charge is 0.0162 e. The van der Waals surface area contributed by atoms with Gasteiger partial charge < -0.3 is 0 Å². The third kappa shape index (κ3) is 4.01. The number of rotatable bonds is 7. The molecule has 1 aromatic carbocycles. The number of benzene rings is 1. The summed E-state index contributed by atoms with van der Waals surface area (Å²) in [5, 5.41) is 0. The fourth-order valence-corrected chi connectivity index (χ4v) is 7.19. The molecule has 0 radical (unpaired) electrons. The van der Waals surface area contributed by atoms with E-state index in [-0.39, 0.29) is 0 Å². The molecule has 150 valence electrons. The molecule has 4 saturated carbocycles. The summed E-state index contributed by atoms with van der Waals surface area (Å²) in [7, 11) is 0. The largest absolute Gasteiger partial charge is 0.0654 e. The molecule has 0 aliphatic heterocycles. The predicted molar refractivity (Wildman–Crippen MR) is 117 cm³/mol. The number of aryl methyl sites for hydroxylation is 1. The first-order valence-corrected chi connectivity index (χ1v) is 12.3. The summed E-state index contributed by atoms with van der Waals surface area (Å²) in [4.78, 5) is 0. The van der Waals surface area contributed by atoms with E-state index in [0.717, 1.165) is 22.7 Å². The molecule has 0 unspecified atom stereocenters. The second-order valence-electron chi connectivity index (χ2n) is 10.5. The van der Waals surface area contributed by atoms with Crippen molar-refractivity contribution in [3.05, 3.63) is 35.4 Å². The van der Waals surface area contributed by atoms with Crippen LogP contribution in [0.2, 0.25) is 0 Å². The Morgan fingerprint density at radius 3 is 1.96 bits per heavy atom. The molecule has 0 heteroatoms. The van der Waals surface area contributed by atoms with Gasteiger partial charge >= 0.3 is 0 Å². The van der Waals surface area contributed by atoms with Crippen LogP contribution in [0.4, 0.5) is 0 Å². The van der Waals surface area contributed by atoms with E-state index in [0.29, 0.717) is 0 Å². The maximum Gasteiger partial charge on any atom is -0.0162 e. The first kappa shape index (κ1) is 19.5. The summed E-state index contributed by atoms with van der Waals surface area (Å²) in [6.07, 6.45) is 22.0. The number of unbranched alkanes of at least 4 members (excludes halogenated alkanes) is 1. The Labute approximate surface area is 168 Å². The monoisotopic (exact) mass is 366 g/mol. The average molecular weight is 367 g/mol. The molecule has 0 aromatic heterocycles. The fraction of sp³-hybridized carbons (Fsp3) is 0.778. The van der Waals surface area contributed by atoms with E-state index < -0.39 is 0 Å². The van der Waals surface area contributed by atoms with Crippen molar-refractivity contribution in [2.24, 2.45) is 16.7 Å². The zero-order valence-electron chi connectivity index (χ0n) is 18.1. The van der Waals surface area contributed by atoms with Gasteiger partial charge in [0.1, 0.15) is 0 Å². The Balaban J connectivity index is 1.32. The Kier molecular flexibility index (Phi) is 6.00. The molecular formula is C27H42. The Hall–Kier alpha value is -0.780. The van der Waals surface area contributed by atoms with Gasteiger partial charge in [-0.2, -0.15) is 0 Å². The van der Waals surface area contributed by atoms with Gasteiger partial charge in [0.05, 0.1) is 0 Å². The van der Waals surface area contributed by atoms with Gasteiger partial charge in [-0.25, -0.2) is 0 Å². The molecule has 0 atom stereocenters. The summed E-state index contributed by atoms with van der Waals surface area (Å²) in [5.74, 6) is 1.88. The SMILES string of the molecule is CCCCc1ccc(C2CCC(C34CCC(CCC)(CC3)CC4)CC2)cc1. The molecule has 0 amide bonds. The molecule has 0 N–H and O–H groups in total. The Bertz CT molecular complexity index is 562. The van der Waals surface area contributed by atoms with Crippen LogP contribution in [0.3, 0.4) is 0 Å². The number of hydrogen-bond acceptors (Lipinski definition) is 0. The highest BCUT2D eigenvalue weighted by molar-refractivity contribution is 5.26. The van der Waals surface area contributed by atoms with Crippen LogP contribution in [0.25, 0.3) is 0 Å². The lowest BCUT2D eigenvalue weighted by atomic mass is 9.47. The van der Waals surface area contributed by atoms with Crippen molar-refractivity contribution in [3.63, 3.8) is 0 Å². The molecule has 2 bridgehead atoms. The van der Waals surface area contributed by atoms with Crippen LogP contribution in [0.1, 0.15) is 121 Å². The van der Waals surface area contributed by atoms with Crippen LogP contribution in [0.15, 0.2) is 24.3 Å². The molecule has 0 saturated heterocycles. The Morgan fingerprint density at radius 1 is 0.778 bits per heavy atom. The van der Waals surface area contributed by atoms with Gasteiger partial charge in [0, 0.05) is 0 Å². The predicted octanol–water partition coefficient (Wildman–Crippen LogP) is 8.44. The molecule has 4 aliphatic carbocycles. The molecule has 27 heavy (non-hydrogen) atoms. The standard InChI is InChI=1S/C27H42/c1-3-5-6-22-7-9-23(10-8-22)24-11-13-25(14-12-24)27-19-16-26(15-4-2,17-20-27)18-21-27/h7-10,24-25H,3-6,11-21H2,1-2H3. The van der Waals surface area contributed by atoms with E-state index >= 15 is 0 Å². The van der Waals surface area contributed by atoms with Crippen LogP contribution in [0.5, 0.6) is 0 Å². The molecule has 0 heterocycles. The quantitative estimate of drug-likeness (QED) is 0.454.